The molecule has 0 aromatic heterocycles. The number of halogens is 1. The summed E-state index contributed by atoms with van der Waals surface area (Å²) in [6.45, 7) is 5.34. The highest BCUT2D eigenvalue weighted by Gasteiger charge is 2.32. The number of ether oxygens (including phenoxy) is 2. The molecule has 1 aliphatic heterocycles. The second-order valence-corrected chi connectivity index (χ2v) is 4.88. The van der Waals surface area contributed by atoms with Crippen LogP contribution in [0.1, 0.15) is 12.5 Å². The maximum Gasteiger partial charge on any atom is 0.165 e. The Kier molecular flexibility index (Phi) is 3.64. The topological polar surface area (TPSA) is 30.5 Å². The lowest BCUT2D eigenvalue weighted by Crippen LogP contribution is -2.47. The summed E-state index contributed by atoms with van der Waals surface area (Å²) in [6, 6.07) is 5.03. The molecule has 1 aromatic carbocycles. The molecule has 1 heterocycles. The molecule has 0 unspecified atom stereocenters. The average molecular weight is 239 g/mol. The quantitative estimate of drug-likeness (QED) is 0.852. The van der Waals surface area contributed by atoms with Gasteiger partial charge in [-0.05, 0) is 17.7 Å². The maximum atomic E-state index is 13.4. The lowest BCUT2D eigenvalue weighted by molar-refractivity contribution is -0.0991. The fourth-order valence-electron chi connectivity index (χ4n) is 1.88. The zero-order chi connectivity index (χ0) is 12.3. The molecule has 0 amide bonds. The first-order valence-electron chi connectivity index (χ1n) is 5.74. The van der Waals surface area contributed by atoms with Gasteiger partial charge in [0.25, 0.3) is 0 Å². The third kappa shape index (κ3) is 2.96. The van der Waals surface area contributed by atoms with Gasteiger partial charge in [-0.25, -0.2) is 4.39 Å². The Hall–Kier alpha value is -1.13. The third-order valence-electron chi connectivity index (χ3n) is 3.00. The molecule has 0 spiro atoms. The number of hydrogen-bond donors (Lipinski definition) is 1. The number of benzene rings is 1. The van der Waals surface area contributed by atoms with Gasteiger partial charge in [0.2, 0.25) is 0 Å². The smallest absolute Gasteiger partial charge is 0.165 e. The first kappa shape index (κ1) is 12.3. The fraction of sp³-hybridized carbons (Fsp3) is 0.538. The van der Waals surface area contributed by atoms with Crippen molar-refractivity contribution in [2.45, 2.75) is 13.5 Å². The average Bonchev–Trinajstić information content (AvgIpc) is 2.27. The molecule has 94 valence electrons. The lowest BCUT2D eigenvalue weighted by atomic mass is 9.89. The first-order chi connectivity index (χ1) is 8.13. The minimum absolute atomic E-state index is 0.241. The van der Waals surface area contributed by atoms with Crippen LogP contribution in [0.4, 0.5) is 4.39 Å². The van der Waals surface area contributed by atoms with Crippen LogP contribution >= 0.6 is 0 Å². The van der Waals surface area contributed by atoms with Crippen molar-refractivity contribution in [1.29, 1.82) is 0 Å². The zero-order valence-corrected chi connectivity index (χ0v) is 10.3. The molecule has 3 nitrogen and oxygen atoms in total. The number of nitrogens with one attached hydrogen (secondary N) is 1. The van der Waals surface area contributed by atoms with Gasteiger partial charge in [-0.1, -0.05) is 13.0 Å². The Morgan fingerprint density at radius 1 is 1.47 bits per heavy atom. The van der Waals surface area contributed by atoms with Gasteiger partial charge in [0.05, 0.1) is 20.3 Å². The Bertz CT molecular complexity index is 391. The number of rotatable bonds is 5. The van der Waals surface area contributed by atoms with Gasteiger partial charge in [-0.15, -0.1) is 0 Å². The molecule has 0 bridgehead atoms. The largest absolute Gasteiger partial charge is 0.494 e. The third-order valence-corrected chi connectivity index (χ3v) is 3.00. The predicted molar refractivity (Wildman–Crippen MR) is 63.6 cm³/mol. The van der Waals surface area contributed by atoms with E-state index in [1.54, 1.807) is 6.07 Å². The minimum atomic E-state index is -0.315. The highest BCUT2D eigenvalue weighted by Crippen LogP contribution is 2.25. The second kappa shape index (κ2) is 5.02. The molecule has 2 rings (SSSR count). The Morgan fingerprint density at radius 2 is 2.24 bits per heavy atom. The summed E-state index contributed by atoms with van der Waals surface area (Å²) < 4.78 is 23.5. The molecular formula is C13H18FNO2. The van der Waals surface area contributed by atoms with Gasteiger partial charge in [-0.2, -0.15) is 0 Å². The van der Waals surface area contributed by atoms with E-state index in [1.807, 2.05) is 6.07 Å². The van der Waals surface area contributed by atoms with E-state index < -0.39 is 0 Å². The highest BCUT2D eigenvalue weighted by atomic mass is 19.1. The molecule has 1 N–H and O–H groups in total. The summed E-state index contributed by atoms with van der Waals surface area (Å²) in [4.78, 5) is 0. The van der Waals surface area contributed by atoms with Crippen LogP contribution in [0.25, 0.3) is 0 Å². The van der Waals surface area contributed by atoms with Crippen molar-refractivity contribution in [2.24, 2.45) is 5.41 Å². The maximum absolute atomic E-state index is 13.4. The van der Waals surface area contributed by atoms with Crippen LogP contribution < -0.4 is 10.1 Å². The number of methoxy groups -OCH3 is 1. The summed E-state index contributed by atoms with van der Waals surface area (Å²) in [7, 11) is 1.47. The monoisotopic (exact) mass is 239 g/mol. The van der Waals surface area contributed by atoms with Gasteiger partial charge >= 0.3 is 0 Å². The van der Waals surface area contributed by atoms with E-state index in [-0.39, 0.29) is 17.0 Å². The molecule has 1 aromatic rings. The summed E-state index contributed by atoms with van der Waals surface area (Å²) in [6.07, 6.45) is 0. The van der Waals surface area contributed by atoms with Crippen LogP contribution in [0, 0.1) is 11.2 Å². The Morgan fingerprint density at radius 3 is 2.76 bits per heavy atom. The number of hydrogen-bond acceptors (Lipinski definition) is 3. The molecule has 17 heavy (non-hydrogen) atoms. The molecule has 1 saturated heterocycles. The Balaban J connectivity index is 1.84. The minimum Gasteiger partial charge on any atom is -0.494 e. The molecule has 1 aliphatic rings. The fourth-order valence-corrected chi connectivity index (χ4v) is 1.88. The SMILES string of the molecule is COc1ccc(CNCC2(C)COC2)cc1F. The van der Waals surface area contributed by atoms with E-state index in [9.17, 15) is 4.39 Å². The van der Waals surface area contributed by atoms with Crippen molar-refractivity contribution < 1.29 is 13.9 Å². The highest BCUT2D eigenvalue weighted by molar-refractivity contribution is 5.29. The van der Waals surface area contributed by atoms with Crippen LogP contribution in [0.3, 0.4) is 0 Å². The van der Waals surface area contributed by atoms with Gasteiger partial charge in [0.1, 0.15) is 0 Å². The molecular weight excluding hydrogens is 221 g/mol. The second-order valence-electron chi connectivity index (χ2n) is 4.88. The zero-order valence-electron chi connectivity index (χ0n) is 10.3. The lowest BCUT2D eigenvalue weighted by Gasteiger charge is -2.38. The Labute approximate surface area is 101 Å². The van der Waals surface area contributed by atoms with Crippen molar-refractivity contribution in [2.75, 3.05) is 26.9 Å². The van der Waals surface area contributed by atoms with E-state index >= 15 is 0 Å². The van der Waals surface area contributed by atoms with Crippen molar-refractivity contribution >= 4 is 0 Å². The molecule has 1 fully saturated rings. The van der Waals surface area contributed by atoms with Crippen LogP contribution in [-0.4, -0.2) is 26.9 Å². The molecule has 0 atom stereocenters. The van der Waals surface area contributed by atoms with Crippen molar-refractivity contribution in [3.8, 4) is 5.75 Å². The summed E-state index contributed by atoms with van der Waals surface area (Å²) in [5.74, 6) is -0.0295. The van der Waals surface area contributed by atoms with E-state index in [0.717, 1.165) is 25.3 Å². The van der Waals surface area contributed by atoms with Crippen molar-refractivity contribution in [3.05, 3.63) is 29.6 Å². The molecule has 0 aliphatic carbocycles. The summed E-state index contributed by atoms with van der Waals surface area (Å²) >= 11 is 0. The standard InChI is InChI=1S/C13H18FNO2/c1-13(8-17-9-13)7-15-6-10-3-4-12(16-2)11(14)5-10/h3-5,15H,6-9H2,1-2H3. The van der Waals surface area contributed by atoms with Crippen LogP contribution in [0.5, 0.6) is 5.75 Å². The van der Waals surface area contributed by atoms with Gasteiger partial charge in [0, 0.05) is 18.5 Å². The van der Waals surface area contributed by atoms with Crippen molar-refractivity contribution in [3.63, 3.8) is 0 Å². The van der Waals surface area contributed by atoms with Crippen molar-refractivity contribution in [1.82, 2.24) is 5.32 Å². The summed E-state index contributed by atoms with van der Waals surface area (Å²) in [5, 5.41) is 3.32. The van der Waals surface area contributed by atoms with Gasteiger partial charge in [-0.3, -0.25) is 0 Å². The van der Waals surface area contributed by atoms with E-state index in [2.05, 4.69) is 12.2 Å². The van der Waals surface area contributed by atoms with E-state index in [0.29, 0.717) is 6.54 Å². The molecule has 0 saturated carbocycles. The van der Waals surface area contributed by atoms with Crippen LogP contribution in [-0.2, 0) is 11.3 Å². The first-order valence-corrected chi connectivity index (χ1v) is 5.74. The van der Waals surface area contributed by atoms with E-state index in [4.69, 9.17) is 9.47 Å². The van der Waals surface area contributed by atoms with Crippen LogP contribution in [0.15, 0.2) is 18.2 Å². The van der Waals surface area contributed by atoms with E-state index in [1.165, 1.54) is 13.2 Å². The van der Waals surface area contributed by atoms with Gasteiger partial charge in [0.15, 0.2) is 11.6 Å². The summed E-state index contributed by atoms with van der Waals surface area (Å²) in [5.41, 5.74) is 1.16. The predicted octanol–water partition coefficient (Wildman–Crippen LogP) is 1.96. The van der Waals surface area contributed by atoms with Crippen LogP contribution in [0.2, 0.25) is 0 Å². The van der Waals surface area contributed by atoms with Gasteiger partial charge < -0.3 is 14.8 Å². The molecule has 0 radical (unpaired) electrons. The normalized spacial score (nSPS) is 17.6. The molecule has 4 heteroatoms.